The summed E-state index contributed by atoms with van der Waals surface area (Å²) in [6.07, 6.45) is 3.75. The molecule has 1 aliphatic heterocycles. The molecule has 0 unspecified atom stereocenters. The van der Waals surface area contributed by atoms with Crippen molar-refractivity contribution in [1.29, 1.82) is 0 Å². The van der Waals surface area contributed by atoms with Gasteiger partial charge in [0, 0.05) is 49.2 Å². The van der Waals surface area contributed by atoms with E-state index in [2.05, 4.69) is 15.3 Å². The Kier molecular flexibility index (Phi) is 6.27. The summed E-state index contributed by atoms with van der Waals surface area (Å²) in [6, 6.07) is 6.66. The molecule has 35 heavy (non-hydrogen) atoms. The SMILES string of the molecule is CC(C)(CC(=O)O)NC(=O)c1ccc(-n2ccc3cc(C(=O)N4CCC(F)(F)CC4)cnc32)cn1. The lowest BCUT2D eigenvalue weighted by molar-refractivity contribution is -0.138. The predicted octanol–water partition coefficient (Wildman–Crippen LogP) is 3.27. The third-order valence-corrected chi connectivity index (χ3v) is 5.86. The van der Waals surface area contributed by atoms with Crippen molar-refractivity contribution in [2.75, 3.05) is 13.1 Å². The van der Waals surface area contributed by atoms with Gasteiger partial charge in [-0.3, -0.25) is 19.0 Å². The van der Waals surface area contributed by atoms with Crippen LogP contribution in [0.3, 0.4) is 0 Å². The number of hydrogen-bond donors (Lipinski definition) is 2. The van der Waals surface area contributed by atoms with E-state index in [1.807, 2.05) is 0 Å². The van der Waals surface area contributed by atoms with Crippen LogP contribution in [0.4, 0.5) is 8.78 Å². The highest BCUT2D eigenvalue weighted by atomic mass is 19.3. The van der Waals surface area contributed by atoms with Crippen molar-refractivity contribution in [3.63, 3.8) is 0 Å². The average Bonchev–Trinajstić information content (AvgIpc) is 3.20. The predicted molar refractivity (Wildman–Crippen MR) is 123 cm³/mol. The highest BCUT2D eigenvalue weighted by molar-refractivity contribution is 5.97. The number of amides is 2. The summed E-state index contributed by atoms with van der Waals surface area (Å²) in [6.45, 7) is 3.24. The molecule has 4 rings (SSSR count). The van der Waals surface area contributed by atoms with Gasteiger partial charge in [0.05, 0.1) is 23.9 Å². The molecule has 0 aromatic carbocycles. The number of likely N-dealkylation sites (tertiary alicyclic amines) is 1. The zero-order valence-corrected chi connectivity index (χ0v) is 19.3. The Bertz CT molecular complexity index is 1280. The van der Waals surface area contributed by atoms with E-state index in [1.165, 1.54) is 23.4 Å². The van der Waals surface area contributed by atoms with E-state index in [4.69, 9.17) is 5.11 Å². The first-order valence-corrected chi connectivity index (χ1v) is 11.1. The third-order valence-electron chi connectivity index (χ3n) is 5.86. The first-order valence-electron chi connectivity index (χ1n) is 11.1. The summed E-state index contributed by atoms with van der Waals surface area (Å²) < 4.78 is 28.5. The topological polar surface area (TPSA) is 117 Å². The molecule has 2 amide bonds. The van der Waals surface area contributed by atoms with E-state index >= 15 is 0 Å². The van der Waals surface area contributed by atoms with Crippen LogP contribution >= 0.6 is 0 Å². The minimum atomic E-state index is -2.73. The van der Waals surface area contributed by atoms with E-state index in [-0.39, 0.29) is 44.0 Å². The van der Waals surface area contributed by atoms with Gasteiger partial charge >= 0.3 is 5.97 Å². The van der Waals surface area contributed by atoms with Gasteiger partial charge in [0.1, 0.15) is 11.3 Å². The number of aliphatic carboxylic acids is 1. The van der Waals surface area contributed by atoms with Crippen LogP contribution in [0.15, 0.2) is 42.9 Å². The molecule has 1 saturated heterocycles. The van der Waals surface area contributed by atoms with Crippen LogP contribution in [0.25, 0.3) is 16.7 Å². The molecular weight excluding hydrogens is 460 g/mol. The van der Waals surface area contributed by atoms with Gasteiger partial charge in [0.15, 0.2) is 0 Å². The van der Waals surface area contributed by atoms with Crippen LogP contribution in [-0.2, 0) is 4.79 Å². The fourth-order valence-corrected chi connectivity index (χ4v) is 4.03. The summed E-state index contributed by atoms with van der Waals surface area (Å²) in [5.41, 5.74) is 0.722. The molecule has 0 bridgehead atoms. The lowest BCUT2D eigenvalue weighted by Gasteiger charge is -2.31. The van der Waals surface area contributed by atoms with E-state index in [0.29, 0.717) is 22.3 Å². The van der Waals surface area contributed by atoms with Crippen LogP contribution in [0, 0.1) is 0 Å². The molecule has 184 valence electrons. The highest BCUT2D eigenvalue weighted by Crippen LogP contribution is 2.29. The summed E-state index contributed by atoms with van der Waals surface area (Å²) in [5.74, 6) is -4.56. The molecule has 0 aliphatic carbocycles. The molecule has 0 radical (unpaired) electrons. The average molecular weight is 485 g/mol. The fraction of sp³-hybridized carbons (Fsp3) is 0.375. The molecule has 0 atom stereocenters. The molecule has 0 saturated carbocycles. The number of carboxylic acid groups (broad SMARTS) is 1. The number of fused-ring (bicyclic) bond motifs is 1. The smallest absolute Gasteiger partial charge is 0.305 e. The zero-order valence-electron chi connectivity index (χ0n) is 19.3. The van der Waals surface area contributed by atoms with E-state index in [0.717, 1.165) is 0 Å². The minimum Gasteiger partial charge on any atom is -0.481 e. The largest absolute Gasteiger partial charge is 0.481 e. The van der Waals surface area contributed by atoms with Gasteiger partial charge in [-0.1, -0.05) is 0 Å². The number of piperidine rings is 1. The monoisotopic (exact) mass is 485 g/mol. The molecule has 11 heteroatoms. The number of aromatic nitrogens is 3. The molecule has 0 spiro atoms. The molecule has 1 fully saturated rings. The van der Waals surface area contributed by atoms with Gasteiger partial charge in [-0.05, 0) is 38.1 Å². The summed E-state index contributed by atoms with van der Waals surface area (Å²) in [7, 11) is 0. The number of nitrogens with one attached hydrogen (secondary N) is 1. The number of pyridine rings is 2. The number of rotatable bonds is 6. The van der Waals surface area contributed by atoms with E-state index in [1.54, 1.807) is 42.8 Å². The van der Waals surface area contributed by atoms with Crippen molar-refractivity contribution < 1.29 is 28.3 Å². The second kappa shape index (κ2) is 9.05. The van der Waals surface area contributed by atoms with Gasteiger partial charge in [0.2, 0.25) is 0 Å². The lowest BCUT2D eigenvalue weighted by atomic mass is 10.0. The molecule has 3 aromatic heterocycles. The Morgan fingerprint density at radius 3 is 2.46 bits per heavy atom. The van der Waals surface area contributed by atoms with Crippen molar-refractivity contribution in [3.8, 4) is 5.69 Å². The van der Waals surface area contributed by atoms with Crippen LogP contribution in [0.1, 0.15) is 54.0 Å². The van der Waals surface area contributed by atoms with Crippen molar-refractivity contribution >= 4 is 28.8 Å². The molecular formula is C24H25F2N5O4. The van der Waals surface area contributed by atoms with Gasteiger partial charge in [-0.25, -0.2) is 18.7 Å². The Hall–Kier alpha value is -3.89. The summed E-state index contributed by atoms with van der Waals surface area (Å²) >= 11 is 0. The van der Waals surface area contributed by atoms with Gasteiger partial charge in [-0.2, -0.15) is 0 Å². The maximum Gasteiger partial charge on any atom is 0.305 e. The normalized spacial score (nSPS) is 15.7. The molecule has 3 aromatic rings. The maximum absolute atomic E-state index is 13.4. The molecule has 2 N–H and O–H groups in total. The van der Waals surface area contributed by atoms with Crippen molar-refractivity contribution in [3.05, 3.63) is 54.1 Å². The number of nitrogens with zero attached hydrogens (tertiary/aromatic N) is 4. The Morgan fingerprint density at radius 2 is 1.83 bits per heavy atom. The lowest BCUT2D eigenvalue weighted by Crippen LogP contribution is -2.45. The Labute approximate surface area is 199 Å². The van der Waals surface area contributed by atoms with Gasteiger partial charge < -0.3 is 15.3 Å². The second-order valence-electron chi connectivity index (χ2n) is 9.28. The Morgan fingerprint density at radius 1 is 1.11 bits per heavy atom. The van der Waals surface area contributed by atoms with Crippen molar-refractivity contribution in [1.82, 2.24) is 24.8 Å². The standard InChI is InChI=1S/C24H25F2N5O4/c1-23(2,12-19(32)33)29-21(34)18-4-3-17(14-27-18)31-8-5-15-11-16(13-28-20(15)31)22(35)30-9-6-24(25,26)7-10-30/h3-5,8,11,13-14H,6-7,9-10,12H2,1-2H3,(H,29,34)(H,32,33). The second-order valence-corrected chi connectivity index (χ2v) is 9.28. The number of hydrogen-bond acceptors (Lipinski definition) is 5. The number of carbonyl (C=O) groups excluding carboxylic acids is 2. The first kappa shape index (κ1) is 24.2. The van der Waals surface area contributed by atoms with Crippen molar-refractivity contribution in [2.45, 2.75) is 44.6 Å². The number of alkyl halides is 2. The number of carbonyl (C=O) groups is 3. The molecule has 1 aliphatic rings. The van der Waals surface area contributed by atoms with Crippen LogP contribution < -0.4 is 5.32 Å². The quantitative estimate of drug-likeness (QED) is 0.553. The Balaban J connectivity index is 1.49. The number of halogens is 2. The minimum absolute atomic E-state index is 0.00394. The highest BCUT2D eigenvalue weighted by Gasteiger charge is 2.36. The fourth-order valence-electron chi connectivity index (χ4n) is 4.03. The summed E-state index contributed by atoms with van der Waals surface area (Å²) in [4.78, 5) is 46.2. The van der Waals surface area contributed by atoms with Gasteiger partial charge in [-0.15, -0.1) is 0 Å². The van der Waals surface area contributed by atoms with Crippen molar-refractivity contribution in [2.24, 2.45) is 0 Å². The number of carboxylic acids is 1. The molecule has 4 heterocycles. The summed E-state index contributed by atoms with van der Waals surface area (Å²) in [5, 5.41) is 12.3. The van der Waals surface area contributed by atoms with E-state index in [9.17, 15) is 23.2 Å². The zero-order chi connectivity index (χ0) is 25.4. The maximum atomic E-state index is 13.4. The van der Waals surface area contributed by atoms with Crippen LogP contribution in [0.5, 0.6) is 0 Å². The third kappa shape index (κ3) is 5.44. The first-order chi connectivity index (χ1) is 16.4. The van der Waals surface area contributed by atoms with Crippen LogP contribution in [0.2, 0.25) is 0 Å². The van der Waals surface area contributed by atoms with Gasteiger partial charge in [0.25, 0.3) is 17.7 Å². The van der Waals surface area contributed by atoms with E-state index < -0.39 is 23.3 Å². The van der Waals surface area contributed by atoms with Crippen LogP contribution in [-0.4, -0.2) is 66.9 Å². The molecule has 9 nitrogen and oxygen atoms in total.